The van der Waals surface area contributed by atoms with E-state index >= 15 is 0 Å². The molecular weight excluding hydrogens is 490 g/mol. The number of nitrogens with one attached hydrogen (secondary N) is 1. The number of primary amides is 1. The number of Topliss-reactive ketones (excluding diaryl/α,β-unsaturated/α-hetero) is 2. The monoisotopic (exact) mass is 529 g/mol. The molecule has 1 amide bonds. The smallest absolute Gasteiger partial charge is 0.230 e. The molecular formula is C28H39N3O7. The molecule has 0 aliphatic heterocycles. The number of aromatic hydroxyl groups is 1. The maximum absolute atomic E-state index is 14.0. The Labute approximate surface area is 222 Å². The van der Waals surface area contributed by atoms with Gasteiger partial charge in [-0.1, -0.05) is 26.8 Å². The van der Waals surface area contributed by atoms with Gasteiger partial charge >= 0.3 is 0 Å². The molecule has 3 aliphatic carbocycles. The summed E-state index contributed by atoms with van der Waals surface area (Å²) in [5.74, 6) is -6.85. The average Bonchev–Trinajstić information content (AvgIpc) is 2.82. The Morgan fingerprint density at radius 1 is 1.24 bits per heavy atom. The van der Waals surface area contributed by atoms with Crippen molar-refractivity contribution in [1.82, 2.24) is 10.2 Å². The van der Waals surface area contributed by atoms with E-state index in [0.29, 0.717) is 30.9 Å². The van der Waals surface area contributed by atoms with Crippen LogP contribution in [0.3, 0.4) is 0 Å². The minimum Gasteiger partial charge on any atom is -0.507 e. The number of ketones is 2. The molecule has 10 heteroatoms. The van der Waals surface area contributed by atoms with Crippen molar-refractivity contribution in [3.8, 4) is 5.75 Å². The van der Waals surface area contributed by atoms with Crippen molar-refractivity contribution in [3.05, 3.63) is 33.9 Å². The summed E-state index contributed by atoms with van der Waals surface area (Å²) in [5.41, 5.74) is 5.01. The number of nitrogens with zero attached hydrogens (tertiary/aromatic N) is 1. The summed E-state index contributed by atoms with van der Waals surface area (Å²) in [5, 5.41) is 48.6. The molecule has 208 valence electrons. The lowest BCUT2D eigenvalue weighted by Crippen LogP contribution is -2.73. The van der Waals surface area contributed by atoms with E-state index in [2.05, 4.69) is 19.2 Å². The third kappa shape index (κ3) is 4.14. The lowest BCUT2D eigenvalue weighted by Gasteiger charge is -2.53. The Kier molecular flexibility index (Phi) is 7.48. The van der Waals surface area contributed by atoms with Crippen molar-refractivity contribution in [2.75, 3.05) is 20.6 Å². The molecule has 0 radical (unpaired) electrons. The van der Waals surface area contributed by atoms with Gasteiger partial charge < -0.3 is 36.4 Å². The summed E-state index contributed by atoms with van der Waals surface area (Å²) in [6.45, 7) is 7.19. The number of carbonyl (C=O) groups excluding carboxylic acids is 3. The van der Waals surface area contributed by atoms with E-state index in [1.165, 1.54) is 0 Å². The second-order valence-electron chi connectivity index (χ2n) is 11.6. The Morgan fingerprint density at radius 2 is 1.89 bits per heavy atom. The number of carbonyl (C=O) groups is 3. The third-order valence-corrected chi connectivity index (χ3v) is 8.51. The molecule has 0 spiro atoms. The van der Waals surface area contributed by atoms with Crippen molar-refractivity contribution in [1.29, 1.82) is 0 Å². The number of likely N-dealkylation sites (N-methyl/N-ethyl adjacent to an activating group) is 1. The molecule has 4 rings (SSSR count). The lowest BCUT2D eigenvalue weighted by atomic mass is 9.54. The molecule has 0 heterocycles. The fourth-order valence-corrected chi connectivity index (χ4v) is 6.76. The zero-order valence-electron chi connectivity index (χ0n) is 22.6. The van der Waals surface area contributed by atoms with Crippen LogP contribution in [0.15, 0.2) is 11.6 Å². The Morgan fingerprint density at radius 3 is 2.45 bits per heavy atom. The number of aliphatic hydroxyl groups is 3. The van der Waals surface area contributed by atoms with Crippen LogP contribution < -0.4 is 11.1 Å². The summed E-state index contributed by atoms with van der Waals surface area (Å²) in [4.78, 5) is 41.1. The van der Waals surface area contributed by atoms with Crippen LogP contribution in [0.5, 0.6) is 5.75 Å². The van der Waals surface area contributed by atoms with Crippen molar-refractivity contribution >= 4 is 23.2 Å². The first-order chi connectivity index (χ1) is 17.8. The largest absolute Gasteiger partial charge is 0.507 e. The molecule has 10 nitrogen and oxygen atoms in total. The molecule has 2 fully saturated rings. The van der Waals surface area contributed by atoms with Crippen LogP contribution >= 0.6 is 0 Å². The van der Waals surface area contributed by atoms with Crippen molar-refractivity contribution in [2.24, 2.45) is 29.4 Å². The predicted molar refractivity (Wildman–Crippen MR) is 140 cm³/mol. The summed E-state index contributed by atoms with van der Waals surface area (Å²) in [6.07, 6.45) is -0.444. The van der Waals surface area contributed by atoms with Gasteiger partial charge in [-0.05, 0) is 62.9 Å². The summed E-state index contributed by atoms with van der Waals surface area (Å²) in [6, 6.07) is 1.01. The maximum Gasteiger partial charge on any atom is 0.230 e. The first-order valence-electron chi connectivity index (χ1n) is 13.2. The van der Waals surface area contributed by atoms with Gasteiger partial charge in [-0.15, -0.1) is 0 Å². The van der Waals surface area contributed by atoms with Gasteiger partial charge in [0.25, 0.3) is 0 Å². The fraction of sp³-hybridized carbons (Fsp3) is 0.607. The summed E-state index contributed by atoms with van der Waals surface area (Å²) in [7, 11) is 3.27. The zero-order chi connectivity index (χ0) is 28.3. The van der Waals surface area contributed by atoms with Gasteiger partial charge in [0.2, 0.25) is 11.7 Å². The topological polar surface area (TPSA) is 173 Å². The van der Waals surface area contributed by atoms with Gasteiger partial charge in [-0.25, -0.2) is 0 Å². The molecule has 0 aromatic heterocycles. The van der Waals surface area contributed by atoms with E-state index in [1.807, 2.05) is 13.0 Å². The molecule has 1 aromatic rings. The Hall–Kier alpha value is -2.79. The zero-order valence-corrected chi connectivity index (χ0v) is 22.6. The predicted octanol–water partition coefficient (Wildman–Crippen LogP) is 0.437. The van der Waals surface area contributed by atoms with E-state index in [0.717, 1.165) is 17.7 Å². The average molecular weight is 530 g/mol. The first-order valence-corrected chi connectivity index (χ1v) is 13.2. The molecule has 2 unspecified atom stereocenters. The highest BCUT2D eigenvalue weighted by Crippen LogP contribution is 2.53. The molecule has 2 saturated carbocycles. The first kappa shape index (κ1) is 28.2. The molecule has 7 N–H and O–H groups in total. The molecule has 6 atom stereocenters. The van der Waals surface area contributed by atoms with Crippen LogP contribution in [-0.4, -0.2) is 81.2 Å². The van der Waals surface area contributed by atoms with Gasteiger partial charge in [0.05, 0.1) is 11.7 Å². The number of aryl methyl sites for hydroxylation is 1. The number of hydrogen-bond donors (Lipinski definition) is 6. The number of amides is 1. The fourth-order valence-electron chi connectivity index (χ4n) is 6.76. The highest BCUT2D eigenvalue weighted by molar-refractivity contribution is 6.25. The molecule has 0 bridgehead atoms. The lowest BCUT2D eigenvalue weighted by molar-refractivity contribution is -0.184. The van der Waals surface area contributed by atoms with Crippen molar-refractivity contribution in [3.63, 3.8) is 0 Å². The van der Waals surface area contributed by atoms with Gasteiger partial charge in [0.1, 0.15) is 17.4 Å². The third-order valence-electron chi connectivity index (χ3n) is 8.51. The van der Waals surface area contributed by atoms with Gasteiger partial charge in [0, 0.05) is 29.6 Å². The second-order valence-corrected chi connectivity index (χ2v) is 11.6. The van der Waals surface area contributed by atoms with Crippen LogP contribution in [0, 0.1) is 23.7 Å². The number of hydrogen-bond acceptors (Lipinski definition) is 9. The Bertz CT molecular complexity index is 1210. The van der Waals surface area contributed by atoms with Gasteiger partial charge in [-0.3, -0.25) is 14.4 Å². The summed E-state index contributed by atoms with van der Waals surface area (Å²) >= 11 is 0. The number of rotatable bonds is 7. The number of phenolic OH excluding ortho intramolecular Hbond substituents is 1. The highest BCUT2D eigenvalue weighted by Gasteiger charge is 2.67. The maximum atomic E-state index is 14.0. The number of aliphatic hydroxyl groups excluding tert-OH is 2. The number of nitrogens with two attached hydrogens (primary N) is 1. The number of phenols is 1. The van der Waals surface area contributed by atoms with E-state index in [9.17, 15) is 34.8 Å². The number of benzene rings is 1. The molecule has 1 aromatic carbocycles. The standard InChI is InChI=1S/C28H39N3O7/c1-6-13-7-15(11-30-10-12(2)3)22(32)19-16(13)8-14-9-17-21(31(4)5)24(34)20(27(29)37)26(36)28(17,38)25(35)18(14)23(19)33/h7,12,14,17,20-21,24,30,32-34,38H,6,8-11H2,1-5H3,(H2,29,37)/t14-,17-,20?,21-,24?,28-/m0/s1. The van der Waals surface area contributed by atoms with E-state index in [-0.39, 0.29) is 23.3 Å². The van der Waals surface area contributed by atoms with Crippen LogP contribution in [0.4, 0.5) is 0 Å². The second kappa shape index (κ2) is 10.1. The highest BCUT2D eigenvalue weighted by atomic mass is 16.3. The minimum atomic E-state index is -2.65. The van der Waals surface area contributed by atoms with Crippen molar-refractivity contribution < 1.29 is 34.8 Å². The number of fused-ring (bicyclic) bond motifs is 3. The normalized spacial score (nSPS) is 30.9. The van der Waals surface area contributed by atoms with Crippen molar-refractivity contribution in [2.45, 2.75) is 64.3 Å². The van der Waals surface area contributed by atoms with Crippen LogP contribution in [0.25, 0.3) is 5.76 Å². The van der Waals surface area contributed by atoms with Crippen LogP contribution in [0.1, 0.15) is 49.4 Å². The van der Waals surface area contributed by atoms with Crippen LogP contribution in [-0.2, 0) is 33.8 Å². The minimum absolute atomic E-state index is 0.111. The summed E-state index contributed by atoms with van der Waals surface area (Å²) < 4.78 is 0. The van der Waals surface area contributed by atoms with E-state index < -0.39 is 58.7 Å². The molecule has 3 aliphatic rings. The molecule has 0 saturated heterocycles. The van der Waals surface area contributed by atoms with Gasteiger partial charge in [-0.2, -0.15) is 0 Å². The van der Waals surface area contributed by atoms with E-state index in [1.54, 1.807) is 19.0 Å². The van der Waals surface area contributed by atoms with Gasteiger partial charge in [0.15, 0.2) is 11.4 Å². The molecule has 38 heavy (non-hydrogen) atoms. The van der Waals surface area contributed by atoms with E-state index in [4.69, 9.17) is 5.73 Å². The SMILES string of the molecule is CCc1cc(CNCC(C)C)c(O)c2c1C[C@H]1C[C@H]3[C@H](N(C)C)C(O)C(C(N)=O)C(=O)[C@@]3(O)C(=O)C1=C2O. The van der Waals surface area contributed by atoms with Crippen LogP contribution in [0.2, 0.25) is 0 Å². The quantitative estimate of drug-likeness (QED) is 0.274. The Balaban J connectivity index is 1.87.